The highest BCUT2D eigenvalue weighted by atomic mass is 19.1. The molecule has 0 aromatic heterocycles. The molecule has 0 radical (unpaired) electrons. The van der Waals surface area contributed by atoms with Crippen molar-refractivity contribution in [3.63, 3.8) is 0 Å². The van der Waals surface area contributed by atoms with Gasteiger partial charge in [-0.25, -0.2) is 8.78 Å². The van der Waals surface area contributed by atoms with E-state index in [4.69, 9.17) is 0 Å². The standard InChI is InChI=1S/C19H18F2N2O2/c1-23-17(24)10-9-16(18(23)12-3-2-4-14(21)11-12)19(25)22-15-7-5-13(20)6-8-15/h2-8,11,16,18H,9-10H2,1H3,(H,22,25). The highest BCUT2D eigenvalue weighted by molar-refractivity contribution is 5.94. The molecule has 2 unspecified atom stereocenters. The van der Waals surface area contributed by atoms with Crippen molar-refractivity contribution in [1.29, 1.82) is 0 Å². The Morgan fingerprint density at radius 2 is 1.84 bits per heavy atom. The molecule has 0 saturated carbocycles. The van der Waals surface area contributed by atoms with E-state index >= 15 is 0 Å². The van der Waals surface area contributed by atoms with Crippen LogP contribution in [0.3, 0.4) is 0 Å². The van der Waals surface area contributed by atoms with Crippen molar-refractivity contribution in [2.75, 3.05) is 12.4 Å². The van der Waals surface area contributed by atoms with Crippen LogP contribution in [0.25, 0.3) is 0 Å². The number of rotatable bonds is 3. The van der Waals surface area contributed by atoms with E-state index in [1.165, 1.54) is 41.3 Å². The third-order valence-corrected chi connectivity index (χ3v) is 4.50. The topological polar surface area (TPSA) is 49.4 Å². The molecule has 130 valence electrons. The molecule has 2 amide bonds. The second kappa shape index (κ2) is 7.01. The lowest BCUT2D eigenvalue weighted by molar-refractivity contribution is -0.140. The molecular formula is C19H18F2N2O2. The summed E-state index contributed by atoms with van der Waals surface area (Å²) in [4.78, 5) is 26.3. The third-order valence-electron chi connectivity index (χ3n) is 4.50. The molecule has 0 spiro atoms. The number of benzene rings is 2. The van der Waals surface area contributed by atoms with E-state index in [-0.39, 0.29) is 18.2 Å². The van der Waals surface area contributed by atoms with Crippen LogP contribution in [-0.2, 0) is 9.59 Å². The van der Waals surface area contributed by atoms with E-state index in [2.05, 4.69) is 5.32 Å². The van der Waals surface area contributed by atoms with Crippen molar-refractivity contribution < 1.29 is 18.4 Å². The van der Waals surface area contributed by atoms with Crippen molar-refractivity contribution in [2.45, 2.75) is 18.9 Å². The smallest absolute Gasteiger partial charge is 0.229 e. The fourth-order valence-corrected chi connectivity index (χ4v) is 3.23. The molecule has 2 aromatic carbocycles. The van der Waals surface area contributed by atoms with Gasteiger partial charge in [-0.15, -0.1) is 0 Å². The third kappa shape index (κ3) is 3.68. The first-order valence-electron chi connectivity index (χ1n) is 8.03. The van der Waals surface area contributed by atoms with Crippen molar-refractivity contribution in [3.05, 3.63) is 65.7 Å². The monoisotopic (exact) mass is 344 g/mol. The molecule has 1 heterocycles. The molecule has 1 N–H and O–H groups in total. The van der Waals surface area contributed by atoms with Crippen LogP contribution in [0.2, 0.25) is 0 Å². The van der Waals surface area contributed by atoms with E-state index in [1.54, 1.807) is 19.2 Å². The quantitative estimate of drug-likeness (QED) is 0.926. The van der Waals surface area contributed by atoms with Gasteiger partial charge in [0.05, 0.1) is 12.0 Å². The summed E-state index contributed by atoms with van der Waals surface area (Å²) in [6, 6.07) is 10.9. The van der Waals surface area contributed by atoms with Crippen LogP contribution >= 0.6 is 0 Å². The number of carbonyl (C=O) groups is 2. The molecule has 6 heteroatoms. The number of amides is 2. The molecule has 1 aliphatic heterocycles. The number of anilines is 1. The Balaban J connectivity index is 1.87. The minimum atomic E-state index is -0.544. The fourth-order valence-electron chi connectivity index (χ4n) is 3.23. The van der Waals surface area contributed by atoms with Gasteiger partial charge in [0.1, 0.15) is 11.6 Å². The van der Waals surface area contributed by atoms with Crippen LogP contribution in [0.4, 0.5) is 14.5 Å². The minimum Gasteiger partial charge on any atom is -0.338 e. The zero-order valence-corrected chi connectivity index (χ0v) is 13.7. The Labute approximate surface area is 144 Å². The van der Waals surface area contributed by atoms with Gasteiger partial charge in [0.15, 0.2) is 0 Å². The van der Waals surface area contributed by atoms with Crippen molar-refractivity contribution in [3.8, 4) is 0 Å². The zero-order chi connectivity index (χ0) is 18.0. The Morgan fingerprint density at radius 1 is 1.12 bits per heavy atom. The summed E-state index contributed by atoms with van der Waals surface area (Å²) in [7, 11) is 1.62. The van der Waals surface area contributed by atoms with Crippen molar-refractivity contribution in [1.82, 2.24) is 4.90 Å². The molecule has 2 aromatic rings. The van der Waals surface area contributed by atoms with Crippen LogP contribution < -0.4 is 5.32 Å². The van der Waals surface area contributed by atoms with Crippen molar-refractivity contribution in [2.24, 2.45) is 5.92 Å². The second-order valence-electron chi connectivity index (χ2n) is 6.15. The molecule has 4 nitrogen and oxygen atoms in total. The lowest BCUT2D eigenvalue weighted by Gasteiger charge is -2.38. The van der Waals surface area contributed by atoms with Crippen LogP contribution in [0, 0.1) is 17.6 Å². The van der Waals surface area contributed by atoms with E-state index in [0.29, 0.717) is 17.7 Å². The summed E-state index contributed by atoms with van der Waals surface area (Å²) in [5, 5.41) is 2.75. The number of nitrogens with one attached hydrogen (secondary N) is 1. The maximum Gasteiger partial charge on any atom is 0.229 e. The SMILES string of the molecule is CN1C(=O)CCC(C(=O)Nc2ccc(F)cc2)C1c1cccc(F)c1. The van der Waals surface area contributed by atoms with Crippen LogP contribution in [0.15, 0.2) is 48.5 Å². The Morgan fingerprint density at radius 3 is 2.52 bits per heavy atom. The van der Waals surface area contributed by atoms with Gasteiger partial charge in [-0.05, 0) is 48.4 Å². The molecule has 25 heavy (non-hydrogen) atoms. The summed E-state index contributed by atoms with van der Waals surface area (Å²) >= 11 is 0. The van der Waals surface area contributed by atoms with E-state index in [1.807, 2.05) is 0 Å². The van der Waals surface area contributed by atoms with Gasteiger partial charge >= 0.3 is 0 Å². The summed E-state index contributed by atoms with van der Waals surface area (Å²) in [5.74, 6) is -1.69. The maximum absolute atomic E-state index is 13.6. The average molecular weight is 344 g/mol. The number of hydrogen-bond donors (Lipinski definition) is 1. The zero-order valence-electron chi connectivity index (χ0n) is 13.7. The lowest BCUT2D eigenvalue weighted by Crippen LogP contribution is -2.44. The Bertz CT molecular complexity index is 792. The predicted octanol–water partition coefficient (Wildman–Crippen LogP) is 3.51. The normalized spacial score (nSPS) is 20.4. The van der Waals surface area contributed by atoms with Crippen LogP contribution in [0.5, 0.6) is 0 Å². The molecule has 3 rings (SSSR count). The number of carbonyl (C=O) groups excluding carboxylic acids is 2. The highest BCUT2D eigenvalue weighted by Crippen LogP contribution is 2.36. The first-order valence-corrected chi connectivity index (χ1v) is 8.03. The number of likely N-dealkylation sites (tertiary alicyclic amines) is 1. The van der Waals surface area contributed by atoms with Gasteiger partial charge in [-0.2, -0.15) is 0 Å². The van der Waals surface area contributed by atoms with Crippen molar-refractivity contribution >= 4 is 17.5 Å². The Hall–Kier alpha value is -2.76. The predicted molar refractivity (Wildman–Crippen MR) is 89.7 cm³/mol. The maximum atomic E-state index is 13.6. The largest absolute Gasteiger partial charge is 0.338 e. The number of halogens is 2. The molecule has 1 saturated heterocycles. The minimum absolute atomic E-state index is 0.0832. The lowest BCUT2D eigenvalue weighted by atomic mass is 9.84. The fraction of sp³-hybridized carbons (Fsp3) is 0.263. The van der Waals surface area contributed by atoms with E-state index in [9.17, 15) is 18.4 Å². The molecule has 0 aliphatic carbocycles. The molecule has 1 aliphatic rings. The van der Waals surface area contributed by atoms with Crippen LogP contribution in [0.1, 0.15) is 24.4 Å². The van der Waals surface area contributed by atoms with Gasteiger partial charge in [-0.1, -0.05) is 12.1 Å². The molecule has 1 fully saturated rings. The number of piperidine rings is 1. The summed E-state index contributed by atoms with van der Waals surface area (Å²) < 4.78 is 26.6. The second-order valence-corrected chi connectivity index (χ2v) is 6.15. The first kappa shape index (κ1) is 17.1. The highest BCUT2D eigenvalue weighted by Gasteiger charge is 2.39. The summed E-state index contributed by atoms with van der Waals surface area (Å²) in [6.07, 6.45) is 0.626. The molecule has 0 bridgehead atoms. The van der Waals surface area contributed by atoms with E-state index < -0.39 is 23.6 Å². The Kier molecular flexibility index (Phi) is 4.79. The van der Waals surface area contributed by atoms with Gasteiger partial charge in [0.25, 0.3) is 0 Å². The summed E-state index contributed by atoms with van der Waals surface area (Å²) in [6.45, 7) is 0. The number of nitrogens with zero attached hydrogens (tertiary/aromatic N) is 1. The average Bonchev–Trinajstić information content (AvgIpc) is 2.59. The van der Waals surface area contributed by atoms with Gasteiger partial charge in [0, 0.05) is 19.2 Å². The first-order chi connectivity index (χ1) is 12.0. The van der Waals surface area contributed by atoms with Gasteiger partial charge < -0.3 is 10.2 Å². The summed E-state index contributed by atoms with van der Waals surface area (Å²) in [5.41, 5.74) is 1.05. The number of hydrogen-bond acceptors (Lipinski definition) is 2. The molecular weight excluding hydrogens is 326 g/mol. The van der Waals surface area contributed by atoms with Gasteiger partial charge in [0.2, 0.25) is 11.8 Å². The van der Waals surface area contributed by atoms with Crippen LogP contribution in [-0.4, -0.2) is 23.8 Å². The van der Waals surface area contributed by atoms with Gasteiger partial charge in [-0.3, -0.25) is 9.59 Å². The van der Waals surface area contributed by atoms with E-state index in [0.717, 1.165) is 0 Å². The molecule has 2 atom stereocenters.